The summed E-state index contributed by atoms with van der Waals surface area (Å²) in [5.74, 6) is -0.636. The molecule has 1 aliphatic rings. The molecule has 7 nitrogen and oxygen atoms in total. The second kappa shape index (κ2) is 7.52. The number of fused-ring (bicyclic) bond motifs is 1. The highest BCUT2D eigenvalue weighted by atomic mass is 32.2. The zero-order valence-electron chi connectivity index (χ0n) is 13.6. The van der Waals surface area contributed by atoms with Crippen molar-refractivity contribution in [2.45, 2.75) is 23.5 Å². The van der Waals surface area contributed by atoms with E-state index in [9.17, 15) is 14.9 Å². The van der Waals surface area contributed by atoms with Crippen molar-refractivity contribution >= 4 is 29.2 Å². The van der Waals surface area contributed by atoms with E-state index in [4.69, 9.17) is 4.74 Å². The Morgan fingerprint density at radius 2 is 2.20 bits per heavy atom. The van der Waals surface area contributed by atoms with Gasteiger partial charge in [-0.2, -0.15) is 0 Å². The maximum absolute atomic E-state index is 12.7. The SMILES string of the molecule is C[C@H]1CCN(C(=O)COc2cccnc2[N+](=O)[O-])c2ccccc2S1. The number of hydrogen-bond acceptors (Lipinski definition) is 6. The first-order chi connectivity index (χ1) is 12.1. The average Bonchev–Trinajstić information content (AvgIpc) is 2.78. The summed E-state index contributed by atoms with van der Waals surface area (Å²) in [6, 6.07) is 10.7. The van der Waals surface area contributed by atoms with E-state index < -0.39 is 10.7 Å². The van der Waals surface area contributed by atoms with Crippen LogP contribution in [0.3, 0.4) is 0 Å². The lowest BCUT2D eigenvalue weighted by molar-refractivity contribution is -0.390. The van der Waals surface area contributed by atoms with Crippen LogP contribution >= 0.6 is 11.8 Å². The number of carbonyl (C=O) groups is 1. The minimum Gasteiger partial charge on any atom is -0.476 e. The Balaban J connectivity index is 1.77. The number of rotatable bonds is 4. The van der Waals surface area contributed by atoms with Crippen molar-refractivity contribution in [1.82, 2.24) is 4.98 Å². The van der Waals surface area contributed by atoms with Crippen LogP contribution in [0.15, 0.2) is 47.5 Å². The predicted octanol–water partition coefficient (Wildman–Crippen LogP) is 3.29. The molecule has 0 spiro atoms. The van der Waals surface area contributed by atoms with E-state index >= 15 is 0 Å². The number of hydrogen-bond donors (Lipinski definition) is 0. The van der Waals surface area contributed by atoms with Crippen molar-refractivity contribution < 1.29 is 14.5 Å². The molecular formula is C17H17N3O4S. The zero-order valence-corrected chi connectivity index (χ0v) is 14.4. The summed E-state index contributed by atoms with van der Waals surface area (Å²) in [6.07, 6.45) is 2.18. The third-order valence-corrected chi connectivity index (χ3v) is 5.06. The largest absolute Gasteiger partial charge is 0.476 e. The fourth-order valence-corrected chi connectivity index (χ4v) is 3.71. The number of pyridine rings is 1. The van der Waals surface area contributed by atoms with Crippen LogP contribution in [0.25, 0.3) is 0 Å². The van der Waals surface area contributed by atoms with Crippen molar-refractivity contribution in [2.75, 3.05) is 18.1 Å². The lowest BCUT2D eigenvalue weighted by Crippen LogP contribution is -2.36. The molecule has 8 heteroatoms. The first kappa shape index (κ1) is 17.2. The Morgan fingerprint density at radius 3 is 3.00 bits per heavy atom. The van der Waals surface area contributed by atoms with E-state index in [1.165, 1.54) is 18.3 Å². The maximum atomic E-state index is 12.7. The Morgan fingerprint density at radius 1 is 1.40 bits per heavy atom. The molecular weight excluding hydrogens is 342 g/mol. The average molecular weight is 359 g/mol. The second-order valence-electron chi connectivity index (χ2n) is 5.60. The smallest absolute Gasteiger partial charge is 0.406 e. The van der Waals surface area contributed by atoms with Gasteiger partial charge in [0.15, 0.2) is 6.61 Å². The van der Waals surface area contributed by atoms with Crippen LogP contribution in [0.1, 0.15) is 13.3 Å². The number of benzene rings is 1. The van der Waals surface area contributed by atoms with E-state index in [1.54, 1.807) is 16.7 Å². The number of anilines is 1. The summed E-state index contributed by atoms with van der Waals surface area (Å²) < 4.78 is 5.39. The first-order valence-electron chi connectivity index (χ1n) is 7.84. The highest BCUT2D eigenvalue weighted by Gasteiger charge is 2.25. The molecule has 0 radical (unpaired) electrons. The highest BCUT2D eigenvalue weighted by Crippen LogP contribution is 2.37. The lowest BCUT2D eigenvalue weighted by atomic mass is 10.2. The Hall–Kier alpha value is -2.61. The van der Waals surface area contributed by atoms with Gasteiger partial charge in [0.25, 0.3) is 5.91 Å². The van der Waals surface area contributed by atoms with Gasteiger partial charge in [-0.15, -0.1) is 11.8 Å². The third kappa shape index (κ3) is 3.90. The molecule has 2 heterocycles. The summed E-state index contributed by atoms with van der Waals surface area (Å²) in [5.41, 5.74) is 0.853. The van der Waals surface area contributed by atoms with Crippen LogP contribution in [0, 0.1) is 10.1 Å². The van der Waals surface area contributed by atoms with Gasteiger partial charge in [0.2, 0.25) is 5.75 Å². The topological polar surface area (TPSA) is 85.6 Å². The fraction of sp³-hybridized carbons (Fsp3) is 0.294. The van der Waals surface area contributed by atoms with E-state index in [0.717, 1.165) is 17.0 Å². The van der Waals surface area contributed by atoms with E-state index in [0.29, 0.717) is 11.8 Å². The summed E-state index contributed by atoms with van der Waals surface area (Å²) >= 11 is 1.74. The summed E-state index contributed by atoms with van der Waals surface area (Å²) in [4.78, 5) is 29.4. The number of aromatic nitrogens is 1. The van der Waals surface area contributed by atoms with Crippen molar-refractivity contribution in [1.29, 1.82) is 0 Å². The first-order valence-corrected chi connectivity index (χ1v) is 8.72. The van der Waals surface area contributed by atoms with Gasteiger partial charge < -0.3 is 19.8 Å². The highest BCUT2D eigenvalue weighted by molar-refractivity contribution is 8.00. The Labute approximate surface area is 149 Å². The molecule has 0 N–H and O–H groups in total. The normalized spacial score (nSPS) is 16.7. The monoisotopic (exact) mass is 359 g/mol. The molecule has 25 heavy (non-hydrogen) atoms. The van der Waals surface area contributed by atoms with Crippen molar-refractivity contribution in [2.24, 2.45) is 0 Å². The molecule has 1 atom stereocenters. The van der Waals surface area contributed by atoms with Gasteiger partial charge in [-0.1, -0.05) is 19.1 Å². The van der Waals surface area contributed by atoms with Crippen molar-refractivity contribution in [3.05, 3.63) is 52.7 Å². The molecule has 0 fully saturated rings. The zero-order chi connectivity index (χ0) is 17.8. The molecule has 1 amide bonds. The quantitative estimate of drug-likeness (QED) is 0.615. The molecule has 0 saturated carbocycles. The Bertz CT molecular complexity index is 799. The number of nitro groups is 1. The predicted molar refractivity (Wildman–Crippen MR) is 95.1 cm³/mol. The number of amides is 1. The Kier molecular flexibility index (Phi) is 5.18. The van der Waals surface area contributed by atoms with Crippen LogP contribution in [-0.4, -0.2) is 34.2 Å². The van der Waals surface area contributed by atoms with Gasteiger partial charge in [-0.3, -0.25) is 4.79 Å². The molecule has 0 bridgehead atoms. The molecule has 1 aromatic carbocycles. The molecule has 0 aliphatic carbocycles. The van der Waals surface area contributed by atoms with E-state index in [1.807, 2.05) is 24.3 Å². The van der Waals surface area contributed by atoms with Gasteiger partial charge in [0.1, 0.15) is 6.20 Å². The fourth-order valence-electron chi connectivity index (χ4n) is 2.60. The number of nitrogens with zero attached hydrogens (tertiary/aromatic N) is 3. The maximum Gasteiger partial charge on any atom is 0.406 e. The van der Waals surface area contributed by atoms with Crippen LogP contribution in [-0.2, 0) is 4.79 Å². The molecule has 130 valence electrons. The second-order valence-corrected chi connectivity index (χ2v) is 7.08. The van der Waals surface area contributed by atoms with E-state index in [-0.39, 0.29) is 18.3 Å². The number of ether oxygens (including phenoxy) is 1. The molecule has 3 rings (SSSR count). The van der Waals surface area contributed by atoms with Crippen LogP contribution in [0.4, 0.5) is 11.5 Å². The molecule has 0 unspecified atom stereocenters. The van der Waals surface area contributed by atoms with Gasteiger partial charge in [0.05, 0.1) is 5.69 Å². The number of carbonyl (C=O) groups excluding carboxylic acids is 1. The van der Waals surface area contributed by atoms with Crippen LogP contribution < -0.4 is 9.64 Å². The summed E-state index contributed by atoms with van der Waals surface area (Å²) in [5, 5.41) is 11.4. The van der Waals surface area contributed by atoms with E-state index in [2.05, 4.69) is 11.9 Å². The standard InChI is InChI=1S/C17H17N3O4S/c1-12-8-10-19(13-5-2-3-7-15(13)25-12)16(21)11-24-14-6-4-9-18-17(14)20(22)23/h2-7,9,12H,8,10-11H2,1H3/t12-/m0/s1. The molecule has 2 aromatic rings. The summed E-state index contributed by atoms with van der Waals surface area (Å²) in [6.45, 7) is 2.44. The van der Waals surface area contributed by atoms with Gasteiger partial charge in [-0.05, 0) is 40.6 Å². The lowest BCUT2D eigenvalue weighted by Gasteiger charge is -2.22. The van der Waals surface area contributed by atoms with Crippen molar-refractivity contribution in [3.63, 3.8) is 0 Å². The number of para-hydroxylation sites is 1. The number of thioether (sulfide) groups is 1. The molecule has 0 saturated heterocycles. The molecule has 1 aliphatic heterocycles. The minimum atomic E-state index is -0.626. The van der Waals surface area contributed by atoms with Crippen LogP contribution in [0.2, 0.25) is 0 Å². The van der Waals surface area contributed by atoms with Gasteiger partial charge in [-0.25, -0.2) is 0 Å². The van der Waals surface area contributed by atoms with Crippen molar-refractivity contribution in [3.8, 4) is 5.75 Å². The summed E-state index contributed by atoms with van der Waals surface area (Å²) in [7, 11) is 0. The van der Waals surface area contributed by atoms with Crippen LogP contribution in [0.5, 0.6) is 5.75 Å². The van der Waals surface area contributed by atoms with Gasteiger partial charge >= 0.3 is 5.82 Å². The minimum absolute atomic E-state index is 0.00769. The third-order valence-electron chi connectivity index (χ3n) is 3.82. The molecule has 1 aromatic heterocycles. The van der Waals surface area contributed by atoms with Gasteiger partial charge in [0, 0.05) is 16.7 Å².